The molecular weight excluding hydrogens is 321 g/mol. The fraction of sp³-hybridized carbons (Fsp3) is 0.562. The topological polar surface area (TPSA) is 20.3 Å². The van der Waals surface area contributed by atoms with Crippen molar-refractivity contribution in [3.05, 3.63) is 34.1 Å². The van der Waals surface area contributed by atoms with Crippen LogP contribution in [-0.4, -0.2) is 24.4 Å². The van der Waals surface area contributed by atoms with Crippen LogP contribution in [0.15, 0.2) is 22.7 Å². The van der Waals surface area contributed by atoms with E-state index in [4.69, 9.17) is 0 Å². The zero-order chi connectivity index (χ0) is 14.3. The van der Waals surface area contributed by atoms with Gasteiger partial charge in [-0.1, -0.05) is 6.42 Å². The molecular formula is C16H19BrFNO. The second kappa shape index (κ2) is 5.47. The molecule has 2 fully saturated rings. The molecule has 20 heavy (non-hydrogen) atoms. The number of halogens is 2. The highest BCUT2D eigenvalue weighted by Crippen LogP contribution is 2.48. The van der Waals surface area contributed by atoms with Crippen LogP contribution in [0, 0.1) is 23.6 Å². The second-order valence-corrected chi connectivity index (χ2v) is 7.10. The van der Waals surface area contributed by atoms with E-state index in [-0.39, 0.29) is 11.7 Å². The predicted molar refractivity (Wildman–Crippen MR) is 80.0 cm³/mol. The Bertz CT molecular complexity index is 533. The van der Waals surface area contributed by atoms with E-state index < -0.39 is 0 Å². The van der Waals surface area contributed by atoms with Crippen LogP contribution < -0.4 is 0 Å². The average Bonchev–Trinajstić information content (AvgIpc) is 3.00. The number of hydrogen-bond acceptors (Lipinski definition) is 1. The Morgan fingerprint density at radius 3 is 2.80 bits per heavy atom. The van der Waals surface area contributed by atoms with Crippen LogP contribution in [0.5, 0.6) is 0 Å². The monoisotopic (exact) mass is 339 g/mol. The van der Waals surface area contributed by atoms with E-state index >= 15 is 0 Å². The van der Waals surface area contributed by atoms with Crippen molar-refractivity contribution in [3.8, 4) is 0 Å². The van der Waals surface area contributed by atoms with Crippen LogP contribution in [0.4, 0.5) is 4.39 Å². The Hall–Kier alpha value is -0.900. The summed E-state index contributed by atoms with van der Waals surface area (Å²) in [4.78, 5) is 14.2. The van der Waals surface area contributed by atoms with Gasteiger partial charge in [-0.3, -0.25) is 4.79 Å². The Kier molecular flexibility index (Phi) is 3.85. The van der Waals surface area contributed by atoms with Crippen LogP contribution in [0.2, 0.25) is 0 Å². The molecule has 2 bridgehead atoms. The molecule has 2 aliphatic carbocycles. The van der Waals surface area contributed by atoms with Crippen LogP contribution in [-0.2, 0) is 0 Å². The molecule has 4 heteroatoms. The Morgan fingerprint density at radius 2 is 2.20 bits per heavy atom. The van der Waals surface area contributed by atoms with E-state index in [2.05, 4.69) is 15.9 Å². The molecule has 1 aromatic rings. The number of amides is 1. The van der Waals surface area contributed by atoms with Crippen LogP contribution in [0.3, 0.4) is 0 Å². The maximum Gasteiger partial charge on any atom is 0.254 e. The van der Waals surface area contributed by atoms with Gasteiger partial charge in [0.2, 0.25) is 0 Å². The first-order valence-corrected chi connectivity index (χ1v) is 8.04. The molecule has 0 heterocycles. The van der Waals surface area contributed by atoms with Crippen molar-refractivity contribution in [1.29, 1.82) is 0 Å². The van der Waals surface area contributed by atoms with Crippen molar-refractivity contribution < 1.29 is 9.18 Å². The molecule has 0 N–H and O–H groups in total. The lowest BCUT2D eigenvalue weighted by molar-refractivity contribution is 0.0753. The standard InChI is InChI=1S/C16H19BrFNO/c1-19(9-12-7-10-2-3-11(12)6-10)16(20)14-5-4-13(18)8-15(14)17/h4-5,8,10-12H,2-3,6-7,9H2,1H3. The maximum atomic E-state index is 13.1. The zero-order valence-electron chi connectivity index (χ0n) is 11.6. The zero-order valence-corrected chi connectivity index (χ0v) is 13.2. The first kappa shape index (κ1) is 14.1. The molecule has 0 aromatic heterocycles. The summed E-state index contributed by atoms with van der Waals surface area (Å²) < 4.78 is 13.6. The number of benzene rings is 1. The smallest absolute Gasteiger partial charge is 0.254 e. The lowest BCUT2D eigenvalue weighted by Gasteiger charge is -2.27. The van der Waals surface area contributed by atoms with Gasteiger partial charge in [0.1, 0.15) is 5.82 Å². The number of carbonyl (C=O) groups excluding carboxylic acids is 1. The molecule has 2 nitrogen and oxygen atoms in total. The second-order valence-electron chi connectivity index (χ2n) is 6.24. The molecule has 108 valence electrons. The lowest BCUT2D eigenvalue weighted by Crippen LogP contribution is -2.34. The van der Waals surface area contributed by atoms with Crippen molar-refractivity contribution >= 4 is 21.8 Å². The minimum absolute atomic E-state index is 0.0281. The average molecular weight is 340 g/mol. The largest absolute Gasteiger partial charge is 0.341 e. The fourth-order valence-corrected chi connectivity index (χ4v) is 4.42. The third-order valence-corrected chi connectivity index (χ3v) is 5.56. The summed E-state index contributed by atoms with van der Waals surface area (Å²) in [5, 5.41) is 0. The maximum absolute atomic E-state index is 13.1. The molecule has 0 saturated heterocycles. The fourth-order valence-electron chi connectivity index (χ4n) is 3.90. The molecule has 1 amide bonds. The summed E-state index contributed by atoms with van der Waals surface area (Å²) in [7, 11) is 1.85. The van der Waals surface area contributed by atoms with Gasteiger partial charge in [-0.15, -0.1) is 0 Å². The Balaban J connectivity index is 1.67. The van der Waals surface area contributed by atoms with Gasteiger partial charge in [0.05, 0.1) is 5.56 Å². The van der Waals surface area contributed by atoms with Gasteiger partial charge >= 0.3 is 0 Å². The summed E-state index contributed by atoms with van der Waals surface area (Å²) in [5.41, 5.74) is 0.539. The van der Waals surface area contributed by atoms with E-state index in [0.717, 1.165) is 18.4 Å². The minimum atomic E-state index is -0.329. The number of fused-ring (bicyclic) bond motifs is 2. The minimum Gasteiger partial charge on any atom is -0.341 e. The highest BCUT2D eigenvalue weighted by atomic mass is 79.9. The highest BCUT2D eigenvalue weighted by molar-refractivity contribution is 9.10. The van der Waals surface area contributed by atoms with E-state index in [9.17, 15) is 9.18 Å². The quantitative estimate of drug-likeness (QED) is 0.811. The molecule has 1 aromatic carbocycles. The first-order chi connectivity index (χ1) is 9.54. The predicted octanol–water partition coefficient (Wildman–Crippen LogP) is 4.10. The van der Waals surface area contributed by atoms with E-state index in [1.54, 1.807) is 11.0 Å². The van der Waals surface area contributed by atoms with Gasteiger partial charge in [0.15, 0.2) is 0 Å². The summed E-state index contributed by atoms with van der Waals surface area (Å²) in [6.07, 6.45) is 5.33. The van der Waals surface area contributed by atoms with Crippen molar-refractivity contribution in [2.45, 2.75) is 25.7 Å². The van der Waals surface area contributed by atoms with Crippen LogP contribution in [0.1, 0.15) is 36.0 Å². The molecule has 2 saturated carbocycles. The molecule has 0 aliphatic heterocycles. The normalized spacial score (nSPS) is 27.9. The lowest BCUT2D eigenvalue weighted by atomic mass is 9.88. The molecule has 3 atom stereocenters. The molecule has 0 radical (unpaired) electrons. The molecule has 3 rings (SSSR count). The van der Waals surface area contributed by atoms with E-state index in [0.29, 0.717) is 16.0 Å². The van der Waals surface area contributed by atoms with Gasteiger partial charge in [-0.05, 0) is 71.1 Å². The van der Waals surface area contributed by atoms with Crippen molar-refractivity contribution in [2.75, 3.05) is 13.6 Å². The highest BCUT2D eigenvalue weighted by Gasteiger charge is 2.40. The Morgan fingerprint density at radius 1 is 1.40 bits per heavy atom. The van der Waals surface area contributed by atoms with Crippen molar-refractivity contribution in [1.82, 2.24) is 4.90 Å². The van der Waals surface area contributed by atoms with Crippen molar-refractivity contribution in [2.24, 2.45) is 17.8 Å². The number of hydrogen-bond donors (Lipinski definition) is 0. The summed E-state index contributed by atoms with van der Waals surface area (Å²) in [5.74, 6) is 2.00. The number of nitrogens with zero attached hydrogens (tertiary/aromatic N) is 1. The summed E-state index contributed by atoms with van der Waals surface area (Å²) in [6, 6.07) is 4.24. The van der Waals surface area contributed by atoms with Gasteiger partial charge < -0.3 is 4.90 Å². The molecule has 3 unspecified atom stereocenters. The van der Waals surface area contributed by atoms with E-state index in [1.807, 2.05) is 7.05 Å². The van der Waals surface area contributed by atoms with Gasteiger partial charge in [0.25, 0.3) is 5.91 Å². The third kappa shape index (κ3) is 2.62. The van der Waals surface area contributed by atoms with Crippen LogP contribution >= 0.6 is 15.9 Å². The Labute approximate surface area is 127 Å². The van der Waals surface area contributed by atoms with Crippen LogP contribution in [0.25, 0.3) is 0 Å². The van der Waals surface area contributed by atoms with Gasteiger partial charge in [-0.25, -0.2) is 4.39 Å². The summed E-state index contributed by atoms with van der Waals surface area (Å²) >= 11 is 3.27. The van der Waals surface area contributed by atoms with Gasteiger partial charge in [0, 0.05) is 18.1 Å². The van der Waals surface area contributed by atoms with Gasteiger partial charge in [-0.2, -0.15) is 0 Å². The number of carbonyl (C=O) groups is 1. The summed E-state index contributed by atoms with van der Waals surface area (Å²) in [6.45, 7) is 0.823. The van der Waals surface area contributed by atoms with Crippen molar-refractivity contribution in [3.63, 3.8) is 0 Å². The SMILES string of the molecule is CN(CC1CC2CCC1C2)C(=O)c1ccc(F)cc1Br. The number of rotatable bonds is 3. The third-order valence-electron chi connectivity index (χ3n) is 4.90. The van der Waals surface area contributed by atoms with E-state index in [1.165, 1.54) is 37.8 Å². The first-order valence-electron chi connectivity index (χ1n) is 7.25. The molecule has 0 spiro atoms. The molecule has 2 aliphatic rings.